The Balaban J connectivity index is 2.54. The molecule has 0 saturated carbocycles. The Kier molecular flexibility index (Phi) is 2.50. The first-order chi connectivity index (χ1) is 5.08. The van der Waals surface area contributed by atoms with Gasteiger partial charge < -0.3 is 10.6 Å². The van der Waals surface area contributed by atoms with Crippen LogP contribution in [0, 0.1) is 5.92 Å². The summed E-state index contributed by atoms with van der Waals surface area (Å²) in [5.41, 5.74) is 4.40. The molecule has 1 heterocycles. The van der Waals surface area contributed by atoms with Gasteiger partial charge in [-0.25, -0.2) is 4.39 Å². The summed E-state index contributed by atoms with van der Waals surface area (Å²) < 4.78 is 13.8. The zero-order valence-electron chi connectivity index (χ0n) is 7.31. The molecule has 1 rings (SSSR count). The summed E-state index contributed by atoms with van der Waals surface area (Å²) in [6, 6.07) is 0. The molecule has 0 bridgehead atoms. The van der Waals surface area contributed by atoms with E-state index < -0.39 is 5.67 Å². The molecular formula is C8H17FN2. The highest BCUT2D eigenvalue weighted by molar-refractivity contribution is 4.93. The van der Waals surface area contributed by atoms with Crippen LogP contribution >= 0.6 is 0 Å². The third-order valence-corrected chi connectivity index (χ3v) is 2.68. The number of nitrogens with zero attached hydrogens (tertiary/aromatic N) is 1. The quantitative estimate of drug-likeness (QED) is 0.642. The van der Waals surface area contributed by atoms with Gasteiger partial charge in [0.05, 0.1) is 0 Å². The molecule has 0 spiro atoms. The second-order valence-corrected chi connectivity index (χ2v) is 3.66. The molecule has 1 aliphatic heterocycles. The van der Waals surface area contributed by atoms with Gasteiger partial charge in [0, 0.05) is 19.0 Å². The number of halogens is 1. The van der Waals surface area contributed by atoms with Gasteiger partial charge in [-0.2, -0.15) is 0 Å². The van der Waals surface area contributed by atoms with E-state index in [2.05, 4.69) is 0 Å². The van der Waals surface area contributed by atoms with Crippen molar-refractivity contribution in [3.63, 3.8) is 0 Å². The first kappa shape index (κ1) is 8.94. The molecule has 3 heteroatoms. The second kappa shape index (κ2) is 3.07. The maximum atomic E-state index is 13.8. The molecule has 1 fully saturated rings. The Labute approximate surface area is 67.6 Å². The molecule has 2 N–H and O–H groups in total. The molecule has 66 valence electrons. The highest BCUT2D eigenvalue weighted by Gasteiger charge is 2.40. The normalized spacial score (nSPS) is 36.0. The molecule has 1 saturated heterocycles. The van der Waals surface area contributed by atoms with E-state index in [1.807, 2.05) is 18.9 Å². The third-order valence-electron chi connectivity index (χ3n) is 2.68. The summed E-state index contributed by atoms with van der Waals surface area (Å²) in [5.74, 6) is -0.00699. The fourth-order valence-electron chi connectivity index (χ4n) is 1.60. The number of hydrogen-bond acceptors (Lipinski definition) is 2. The van der Waals surface area contributed by atoms with Crippen molar-refractivity contribution in [1.29, 1.82) is 0 Å². The van der Waals surface area contributed by atoms with Gasteiger partial charge in [-0.1, -0.05) is 6.92 Å². The van der Waals surface area contributed by atoms with Crippen molar-refractivity contribution >= 4 is 0 Å². The SMILES string of the molecule is CC(CN)C1(F)CCN(C)C1. The molecule has 2 atom stereocenters. The van der Waals surface area contributed by atoms with Gasteiger partial charge in [0.1, 0.15) is 5.67 Å². The van der Waals surface area contributed by atoms with Crippen LogP contribution in [0.3, 0.4) is 0 Å². The average molecular weight is 160 g/mol. The first-order valence-electron chi connectivity index (χ1n) is 4.16. The predicted octanol–water partition coefficient (Wildman–Crippen LogP) is 0.625. The van der Waals surface area contributed by atoms with Gasteiger partial charge in [-0.05, 0) is 20.0 Å². The summed E-state index contributed by atoms with van der Waals surface area (Å²) in [7, 11) is 1.95. The van der Waals surface area contributed by atoms with Gasteiger partial charge >= 0.3 is 0 Å². The molecule has 1 aliphatic rings. The lowest BCUT2D eigenvalue weighted by Crippen LogP contribution is -2.38. The van der Waals surface area contributed by atoms with Crippen LogP contribution in [0.5, 0.6) is 0 Å². The first-order valence-corrected chi connectivity index (χ1v) is 4.16. The van der Waals surface area contributed by atoms with Crippen LogP contribution in [0.15, 0.2) is 0 Å². The maximum absolute atomic E-state index is 13.8. The average Bonchev–Trinajstić information content (AvgIpc) is 2.31. The highest BCUT2D eigenvalue weighted by Crippen LogP contribution is 2.31. The lowest BCUT2D eigenvalue weighted by atomic mass is 9.90. The zero-order chi connectivity index (χ0) is 8.48. The summed E-state index contributed by atoms with van der Waals surface area (Å²) in [5, 5.41) is 0. The van der Waals surface area contributed by atoms with Crippen LogP contribution in [0.1, 0.15) is 13.3 Å². The van der Waals surface area contributed by atoms with E-state index in [-0.39, 0.29) is 5.92 Å². The van der Waals surface area contributed by atoms with Crippen molar-refractivity contribution in [2.45, 2.75) is 19.0 Å². The summed E-state index contributed by atoms with van der Waals surface area (Å²) >= 11 is 0. The molecule has 2 unspecified atom stereocenters. The van der Waals surface area contributed by atoms with E-state index in [0.717, 1.165) is 6.54 Å². The van der Waals surface area contributed by atoms with E-state index in [9.17, 15) is 4.39 Å². The van der Waals surface area contributed by atoms with Crippen molar-refractivity contribution in [2.24, 2.45) is 11.7 Å². The van der Waals surface area contributed by atoms with Gasteiger partial charge in [-0.3, -0.25) is 0 Å². The number of alkyl halides is 1. The van der Waals surface area contributed by atoms with E-state index in [4.69, 9.17) is 5.73 Å². The third kappa shape index (κ3) is 1.71. The van der Waals surface area contributed by atoms with Crippen molar-refractivity contribution in [1.82, 2.24) is 4.90 Å². The van der Waals surface area contributed by atoms with Crippen LogP contribution in [-0.2, 0) is 0 Å². The topological polar surface area (TPSA) is 29.3 Å². The number of hydrogen-bond donors (Lipinski definition) is 1. The molecule has 0 aromatic carbocycles. The number of nitrogens with two attached hydrogens (primary N) is 1. The Morgan fingerprint density at radius 1 is 1.73 bits per heavy atom. The van der Waals surface area contributed by atoms with Crippen LogP contribution in [-0.4, -0.2) is 37.3 Å². The van der Waals surface area contributed by atoms with E-state index in [1.165, 1.54) is 0 Å². The summed E-state index contributed by atoms with van der Waals surface area (Å²) in [6.07, 6.45) is 0.641. The minimum absolute atomic E-state index is 0.00699. The Morgan fingerprint density at radius 3 is 2.73 bits per heavy atom. The standard InChI is InChI=1S/C8H17FN2/c1-7(5-10)8(9)3-4-11(2)6-8/h7H,3-6,10H2,1-2H3. The lowest BCUT2D eigenvalue weighted by Gasteiger charge is -2.25. The lowest BCUT2D eigenvalue weighted by molar-refractivity contribution is 0.106. The van der Waals surface area contributed by atoms with E-state index in [0.29, 0.717) is 19.5 Å². The summed E-state index contributed by atoms with van der Waals surface area (Å²) in [4.78, 5) is 2.02. The van der Waals surface area contributed by atoms with Crippen LogP contribution in [0.4, 0.5) is 4.39 Å². The smallest absolute Gasteiger partial charge is 0.128 e. The van der Waals surface area contributed by atoms with E-state index >= 15 is 0 Å². The monoisotopic (exact) mass is 160 g/mol. The van der Waals surface area contributed by atoms with Crippen molar-refractivity contribution in [3.05, 3.63) is 0 Å². The van der Waals surface area contributed by atoms with Gasteiger partial charge in [-0.15, -0.1) is 0 Å². The highest BCUT2D eigenvalue weighted by atomic mass is 19.1. The van der Waals surface area contributed by atoms with Gasteiger partial charge in [0.25, 0.3) is 0 Å². The van der Waals surface area contributed by atoms with Crippen molar-refractivity contribution < 1.29 is 4.39 Å². The Morgan fingerprint density at radius 2 is 2.36 bits per heavy atom. The number of likely N-dealkylation sites (tertiary alicyclic amines) is 1. The molecule has 11 heavy (non-hydrogen) atoms. The molecule has 0 aromatic heterocycles. The largest absolute Gasteiger partial charge is 0.330 e. The number of rotatable bonds is 2. The van der Waals surface area contributed by atoms with E-state index in [1.54, 1.807) is 0 Å². The summed E-state index contributed by atoms with van der Waals surface area (Å²) in [6.45, 7) is 3.75. The van der Waals surface area contributed by atoms with Crippen LogP contribution in [0.25, 0.3) is 0 Å². The molecule has 2 nitrogen and oxygen atoms in total. The maximum Gasteiger partial charge on any atom is 0.128 e. The van der Waals surface area contributed by atoms with Crippen molar-refractivity contribution in [2.75, 3.05) is 26.7 Å². The predicted molar refractivity (Wildman–Crippen MR) is 44.2 cm³/mol. The second-order valence-electron chi connectivity index (χ2n) is 3.66. The molecular weight excluding hydrogens is 143 g/mol. The molecule has 0 amide bonds. The fourth-order valence-corrected chi connectivity index (χ4v) is 1.60. The zero-order valence-corrected chi connectivity index (χ0v) is 7.31. The molecule has 0 aliphatic carbocycles. The van der Waals surface area contributed by atoms with Crippen molar-refractivity contribution in [3.8, 4) is 0 Å². The molecule has 0 radical (unpaired) electrons. The molecule has 0 aromatic rings. The van der Waals surface area contributed by atoms with Gasteiger partial charge in [0.15, 0.2) is 0 Å². The fraction of sp³-hybridized carbons (Fsp3) is 1.00. The minimum Gasteiger partial charge on any atom is -0.330 e. The van der Waals surface area contributed by atoms with Crippen LogP contribution < -0.4 is 5.73 Å². The van der Waals surface area contributed by atoms with Crippen LogP contribution in [0.2, 0.25) is 0 Å². The van der Waals surface area contributed by atoms with Gasteiger partial charge in [0.2, 0.25) is 0 Å². The Hall–Kier alpha value is -0.150. The minimum atomic E-state index is -1.02. The Bertz CT molecular complexity index is 140.